The lowest BCUT2D eigenvalue weighted by Crippen LogP contribution is -2.35. The fraction of sp³-hybridized carbons (Fsp3) is 0.281. The van der Waals surface area contributed by atoms with Gasteiger partial charge in [-0.1, -0.05) is 6.07 Å². The number of hydrogen-bond acceptors (Lipinski definition) is 9. The lowest BCUT2D eigenvalue weighted by atomic mass is 10.0. The Hall–Kier alpha value is -4.68. The number of rotatable bonds is 5. The molecule has 6 rings (SSSR count). The number of nitrogens with two attached hydrogens (primary N) is 1. The van der Waals surface area contributed by atoms with Gasteiger partial charge in [0.2, 0.25) is 11.8 Å². The molecule has 228 valence electrons. The lowest BCUT2D eigenvalue weighted by molar-refractivity contribution is -0.131. The number of aromatic nitrogens is 1. The third kappa shape index (κ3) is 5.90. The van der Waals surface area contributed by atoms with Crippen LogP contribution in [0.15, 0.2) is 71.8 Å². The van der Waals surface area contributed by atoms with E-state index in [-0.39, 0.29) is 30.6 Å². The predicted molar refractivity (Wildman–Crippen MR) is 167 cm³/mol. The van der Waals surface area contributed by atoms with Gasteiger partial charge in [-0.15, -0.1) is 0 Å². The Balaban J connectivity index is 1.43. The highest BCUT2D eigenvalue weighted by molar-refractivity contribution is 7.92. The maximum atomic E-state index is 14.3. The zero-order valence-corrected chi connectivity index (χ0v) is 25.2. The number of anilines is 3. The number of carbonyl (C=O) groups is 2. The molecule has 3 aromatic carbocycles. The molecule has 4 bridgehead atoms. The quantitative estimate of drug-likeness (QED) is 0.302. The van der Waals surface area contributed by atoms with Crippen molar-refractivity contribution in [1.29, 1.82) is 0 Å². The van der Waals surface area contributed by atoms with Crippen LogP contribution in [0.2, 0.25) is 0 Å². The van der Waals surface area contributed by atoms with E-state index in [2.05, 4.69) is 15.6 Å². The van der Waals surface area contributed by atoms with Crippen LogP contribution >= 0.6 is 0 Å². The summed E-state index contributed by atoms with van der Waals surface area (Å²) in [6.45, 7) is -0.172. The summed E-state index contributed by atoms with van der Waals surface area (Å²) in [5.74, 6) is 0.268. The summed E-state index contributed by atoms with van der Waals surface area (Å²) in [5, 5.41) is 7.37. The Morgan fingerprint density at radius 3 is 2.61 bits per heavy atom. The highest BCUT2D eigenvalue weighted by Gasteiger charge is 2.38. The first-order valence-corrected chi connectivity index (χ1v) is 15.8. The predicted octanol–water partition coefficient (Wildman–Crippen LogP) is 4.04. The molecule has 44 heavy (non-hydrogen) atoms. The van der Waals surface area contributed by atoms with E-state index in [1.165, 1.54) is 18.1 Å². The minimum absolute atomic E-state index is 0.00143. The number of methoxy groups -OCH3 is 1. The number of likely N-dealkylation sites (N-methyl/N-ethyl adjacent to an activating group) is 1. The summed E-state index contributed by atoms with van der Waals surface area (Å²) in [4.78, 5) is 32.8. The van der Waals surface area contributed by atoms with Crippen molar-refractivity contribution in [3.63, 3.8) is 0 Å². The second-order valence-electron chi connectivity index (χ2n) is 11.1. The number of amides is 2. The van der Waals surface area contributed by atoms with Gasteiger partial charge in [-0.2, -0.15) is 0 Å². The largest absolute Gasteiger partial charge is 0.496 e. The van der Waals surface area contributed by atoms with E-state index in [4.69, 9.17) is 15.2 Å². The van der Waals surface area contributed by atoms with Crippen LogP contribution in [0.4, 0.5) is 17.2 Å². The van der Waals surface area contributed by atoms with Crippen molar-refractivity contribution >= 4 is 49.6 Å². The number of carbonyl (C=O) groups excluding carboxylic acids is 2. The van der Waals surface area contributed by atoms with Gasteiger partial charge in [0, 0.05) is 42.1 Å². The molecule has 1 saturated carbocycles. The van der Waals surface area contributed by atoms with Crippen LogP contribution in [0.25, 0.3) is 10.8 Å². The number of nitrogens with one attached hydrogen (secondary N) is 2. The van der Waals surface area contributed by atoms with Crippen molar-refractivity contribution in [2.75, 3.05) is 37.1 Å². The highest BCUT2D eigenvalue weighted by atomic mass is 32.2. The van der Waals surface area contributed by atoms with Crippen molar-refractivity contribution in [3.8, 4) is 5.75 Å². The average Bonchev–Trinajstić information content (AvgIpc) is 3.86. The summed E-state index contributed by atoms with van der Waals surface area (Å²) < 4.78 is 38.0. The van der Waals surface area contributed by atoms with E-state index in [9.17, 15) is 18.0 Å². The molecule has 11 nitrogen and oxygen atoms in total. The van der Waals surface area contributed by atoms with Gasteiger partial charge < -0.3 is 30.7 Å². The Kier molecular flexibility index (Phi) is 7.87. The summed E-state index contributed by atoms with van der Waals surface area (Å²) in [6, 6.07) is 16.6. The van der Waals surface area contributed by atoms with Crippen LogP contribution in [0.1, 0.15) is 35.6 Å². The van der Waals surface area contributed by atoms with Crippen molar-refractivity contribution in [3.05, 3.63) is 83.6 Å². The Bertz CT molecular complexity index is 1870. The standard InChI is InChI=1S/C32H33N5O6S/c1-37-16-21-15-23(5-10-28(21)44(40,41)25-6-7-25)35-29(38)18-43-17-22-13-20(3-9-27(22)42-2)30(32(37)39)36-24-4-8-26-19(14-24)11-12-34-31(26)33/h3-5,8-15,25,30,36H,6-7,16-18H2,1-2H3,(H2,33,34)(H,35,38). The second kappa shape index (κ2) is 11.8. The number of benzene rings is 3. The molecule has 1 aliphatic carbocycles. The number of nitrogen functional groups attached to an aromatic ring is 1. The van der Waals surface area contributed by atoms with Crippen molar-refractivity contribution in [2.45, 2.75) is 42.2 Å². The lowest BCUT2D eigenvalue weighted by Gasteiger charge is -2.27. The molecule has 1 aromatic heterocycles. The number of ether oxygens (including phenoxy) is 2. The average molecular weight is 616 g/mol. The molecule has 4 N–H and O–H groups in total. The molecule has 2 heterocycles. The van der Waals surface area contributed by atoms with Gasteiger partial charge >= 0.3 is 0 Å². The first-order valence-electron chi connectivity index (χ1n) is 14.2. The zero-order valence-electron chi connectivity index (χ0n) is 24.4. The van der Waals surface area contributed by atoms with E-state index >= 15 is 0 Å². The summed E-state index contributed by atoms with van der Waals surface area (Å²) in [7, 11) is -0.415. The smallest absolute Gasteiger partial charge is 0.250 e. The first kappa shape index (κ1) is 29.4. The topological polar surface area (TPSA) is 153 Å². The van der Waals surface area contributed by atoms with Gasteiger partial charge in [0.1, 0.15) is 24.2 Å². The molecular formula is C32H33N5O6S. The Morgan fingerprint density at radius 1 is 1.02 bits per heavy atom. The first-order chi connectivity index (χ1) is 21.1. The van der Waals surface area contributed by atoms with Crippen LogP contribution in [-0.2, 0) is 37.3 Å². The van der Waals surface area contributed by atoms with E-state index < -0.39 is 27.0 Å². The minimum atomic E-state index is -3.59. The number of sulfone groups is 1. The SMILES string of the molecule is COc1ccc2cc1COCC(=O)Nc1ccc(S(=O)(=O)C3CC3)c(c1)CN(C)C(=O)C2Nc1ccc2c(N)nccc2c1. The number of nitrogens with zero attached hydrogens (tertiary/aromatic N) is 2. The molecule has 0 saturated heterocycles. The second-order valence-corrected chi connectivity index (χ2v) is 13.3. The summed E-state index contributed by atoms with van der Waals surface area (Å²) in [5.41, 5.74) is 8.85. The van der Waals surface area contributed by atoms with Crippen molar-refractivity contribution in [2.24, 2.45) is 0 Å². The van der Waals surface area contributed by atoms with Crippen LogP contribution in [0.3, 0.4) is 0 Å². The number of pyridine rings is 1. The van der Waals surface area contributed by atoms with Crippen LogP contribution < -0.4 is 21.1 Å². The number of hydrogen-bond donors (Lipinski definition) is 3. The molecule has 1 unspecified atom stereocenters. The van der Waals surface area contributed by atoms with E-state index in [0.29, 0.717) is 52.5 Å². The highest BCUT2D eigenvalue weighted by Crippen LogP contribution is 2.37. The molecule has 1 aliphatic heterocycles. The fourth-order valence-corrected chi connectivity index (χ4v) is 7.32. The molecule has 2 aliphatic rings. The molecule has 1 atom stereocenters. The molecular weight excluding hydrogens is 582 g/mol. The monoisotopic (exact) mass is 615 g/mol. The van der Waals surface area contributed by atoms with Crippen LogP contribution in [-0.4, -0.2) is 56.1 Å². The molecule has 0 spiro atoms. The molecule has 0 radical (unpaired) electrons. The van der Waals surface area contributed by atoms with Gasteiger partial charge in [0.05, 0.1) is 23.9 Å². The summed E-state index contributed by atoms with van der Waals surface area (Å²) >= 11 is 0. The molecule has 12 heteroatoms. The van der Waals surface area contributed by atoms with Crippen LogP contribution in [0.5, 0.6) is 5.75 Å². The molecule has 1 fully saturated rings. The van der Waals surface area contributed by atoms with Crippen molar-refractivity contribution in [1.82, 2.24) is 9.88 Å². The number of fused-ring (bicyclic) bond motifs is 5. The third-order valence-electron chi connectivity index (χ3n) is 7.88. The normalized spacial score (nSPS) is 17.9. The van der Waals surface area contributed by atoms with Gasteiger partial charge in [0.15, 0.2) is 9.84 Å². The van der Waals surface area contributed by atoms with Gasteiger partial charge in [-0.3, -0.25) is 9.59 Å². The fourth-order valence-electron chi connectivity index (χ4n) is 5.46. The van der Waals surface area contributed by atoms with Gasteiger partial charge in [-0.25, -0.2) is 13.4 Å². The molecule has 4 aromatic rings. The Labute approximate surface area is 255 Å². The minimum Gasteiger partial charge on any atom is -0.496 e. The molecule has 2 amide bonds. The maximum absolute atomic E-state index is 14.3. The Morgan fingerprint density at radius 2 is 1.84 bits per heavy atom. The zero-order chi connectivity index (χ0) is 31.0. The van der Waals surface area contributed by atoms with Gasteiger partial charge in [0.25, 0.3) is 0 Å². The van der Waals surface area contributed by atoms with E-state index in [0.717, 1.165) is 10.8 Å². The van der Waals surface area contributed by atoms with E-state index in [1.807, 2.05) is 30.3 Å². The van der Waals surface area contributed by atoms with Crippen LogP contribution in [0, 0.1) is 0 Å². The summed E-state index contributed by atoms with van der Waals surface area (Å²) in [6.07, 6.45) is 2.83. The van der Waals surface area contributed by atoms with E-state index in [1.54, 1.807) is 37.5 Å². The van der Waals surface area contributed by atoms with Crippen molar-refractivity contribution < 1.29 is 27.5 Å². The maximum Gasteiger partial charge on any atom is 0.250 e. The third-order valence-corrected chi connectivity index (χ3v) is 10.2. The van der Waals surface area contributed by atoms with Gasteiger partial charge in [-0.05, 0) is 84.0 Å².